The molecule has 4 heteroatoms. The quantitative estimate of drug-likeness (QED) is 0.748. The van der Waals surface area contributed by atoms with E-state index in [0.29, 0.717) is 19.6 Å². The molecule has 0 saturated carbocycles. The Hall–Kier alpha value is -1.55. The van der Waals surface area contributed by atoms with E-state index in [-0.39, 0.29) is 5.91 Å². The van der Waals surface area contributed by atoms with Crippen molar-refractivity contribution < 1.29 is 9.53 Å². The summed E-state index contributed by atoms with van der Waals surface area (Å²) in [5.41, 5.74) is 1.19. The molecule has 0 fully saturated rings. The summed E-state index contributed by atoms with van der Waals surface area (Å²) < 4.78 is 5.37. The van der Waals surface area contributed by atoms with Gasteiger partial charge < -0.3 is 15.0 Å². The Balaban J connectivity index is 2.25. The number of carbonyl (C=O) groups excluding carboxylic acids is 1. The third kappa shape index (κ3) is 5.19. The minimum absolute atomic E-state index is 0.147. The van der Waals surface area contributed by atoms with Gasteiger partial charge in [-0.05, 0) is 24.6 Å². The maximum atomic E-state index is 11.3. The van der Waals surface area contributed by atoms with Crippen LogP contribution in [0.5, 0.6) is 5.75 Å². The summed E-state index contributed by atoms with van der Waals surface area (Å²) in [6.45, 7) is 4.12. The maximum absolute atomic E-state index is 11.3. The van der Waals surface area contributed by atoms with Gasteiger partial charge in [-0.15, -0.1) is 0 Å². The molecule has 0 aliphatic heterocycles. The lowest BCUT2D eigenvalue weighted by atomic mass is 10.2. The van der Waals surface area contributed by atoms with Gasteiger partial charge in [-0.2, -0.15) is 0 Å². The van der Waals surface area contributed by atoms with Crippen molar-refractivity contribution in [2.75, 3.05) is 27.2 Å². The van der Waals surface area contributed by atoms with E-state index in [1.165, 1.54) is 5.56 Å². The molecule has 0 heterocycles. The first-order chi connectivity index (χ1) is 8.63. The van der Waals surface area contributed by atoms with E-state index in [0.717, 1.165) is 12.3 Å². The normalized spacial score (nSPS) is 10.2. The smallest absolute Gasteiger partial charge is 0.223 e. The van der Waals surface area contributed by atoms with Gasteiger partial charge >= 0.3 is 0 Å². The average Bonchev–Trinajstić information content (AvgIpc) is 2.36. The fourth-order valence-corrected chi connectivity index (χ4v) is 1.52. The number of nitrogens with one attached hydrogen (secondary N) is 1. The van der Waals surface area contributed by atoms with Gasteiger partial charge in [0.15, 0.2) is 0 Å². The minimum Gasteiger partial charge on any atom is -0.494 e. The highest BCUT2D eigenvalue weighted by molar-refractivity contribution is 5.75. The predicted octanol–water partition coefficient (Wildman–Crippen LogP) is 1.65. The summed E-state index contributed by atoms with van der Waals surface area (Å²) >= 11 is 0. The molecule has 0 atom stereocenters. The molecule has 4 nitrogen and oxygen atoms in total. The zero-order valence-electron chi connectivity index (χ0n) is 11.4. The second-order valence-corrected chi connectivity index (χ2v) is 4.29. The number of hydrogen-bond donors (Lipinski definition) is 1. The van der Waals surface area contributed by atoms with Crippen LogP contribution < -0.4 is 10.1 Å². The summed E-state index contributed by atoms with van der Waals surface area (Å²) in [5.74, 6) is 1.04. The molecule has 0 unspecified atom stereocenters. The van der Waals surface area contributed by atoms with Crippen molar-refractivity contribution in [1.82, 2.24) is 10.2 Å². The summed E-state index contributed by atoms with van der Waals surface area (Å²) in [6, 6.07) is 7.99. The number of hydrogen-bond acceptors (Lipinski definition) is 3. The third-order valence-corrected chi connectivity index (χ3v) is 2.58. The van der Waals surface area contributed by atoms with Crippen LogP contribution in [0.2, 0.25) is 0 Å². The molecule has 0 aliphatic rings. The molecule has 0 radical (unpaired) electrons. The minimum atomic E-state index is 0.147. The van der Waals surface area contributed by atoms with Crippen LogP contribution in [-0.2, 0) is 11.3 Å². The Bertz CT molecular complexity index is 361. The van der Waals surface area contributed by atoms with E-state index >= 15 is 0 Å². The van der Waals surface area contributed by atoms with E-state index < -0.39 is 0 Å². The highest BCUT2D eigenvalue weighted by atomic mass is 16.5. The summed E-state index contributed by atoms with van der Waals surface area (Å²) in [7, 11) is 3.55. The first kappa shape index (κ1) is 14.5. The molecule has 0 spiro atoms. The Morgan fingerprint density at radius 1 is 1.28 bits per heavy atom. The number of benzene rings is 1. The Labute approximate surface area is 109 Å². The monoisotopic (exact) mass is 250 g/mol. The molecule has 1 N–H and O–H groups in total. The Kier molecular flexibility index (Phi) is 6.22. The lowest BCUT2D eigenvalue weighted by Crippen LogP contribution is -2.26. The number of amides is 1. The number of nitrogens with zero attached hydrogens (tertiary/aromatic N) is 1. The van der Waals surface area contributed by atoms with Crippen LogP contribution in [0.25, 0.3) is 0 Å². The molecule has 0 aliphatic carbocycles. The van der Waals surface area contributed by atoms with Crippen LogP contribution >= 0.6 is 0 Å². The van der Waals surface area contributed by atoms with Crippen molar-refractivity contribution in [1.29, 1.82) is 0 Å². The van der Waals surface area contributed by atoms with E-state index in [9.17, 15) is 4.79 Å². The molecule has 0 aromatic heterocycles. The molecule has 18 heavy (non-hydrogen) atoms. The van der Waals surface area contributed by atoms with Crippen molar-refractivity contribution in [2.24, 2.45) is 0 Å². The van der Waals surface area contributed by atoms with Crippen molar-refractivity contribution >= 4 is 5.91 Å². The van der Waals surface area contributed by atoms with Crippen molar-refractivity contribution in [2.45, 2.75) is 19.9 Å². The number of ether oxygens (including phenoxy) is 1. The van der Waals surface area contributed by atoms with Crippen LogP contribution in [0.1, 0.15) is 18.9 Å². The van der Waals surface area contributed by atoms with Crippen LogP contribution in [-0.4, -0.2) is 38.1 Å². The Morgan fingerprint density at radius 2 is 1.94 bits per heavy atom. The lowest BCUT2D eigenvalue weighted by Gasteiger charge is -2.10. The molecular weight excluding hydrogens is 228 g/mol. The van der Waals surface area contributed by atoms with Crippen molar-refractivity contribution in [3.05, 3.63) is 29.8 Å². The van der Waals surface area contributed by atoms with E-state index in [2.05, 4.69) is 5.32 Å². The van der Waals surface area contributed by atoms with E-state index in [1.807, 2.05) is 31.2 Å². The van der Waals surface area contributed by atoms with Crippen LogP contribution in [0.3, 0.4) is 0 Å². The summed E-state index contributed by atoms with van der Waals surface area (Å²) in [5, 5.41) is 3.25. The first-order valence-corrected chi connectivity index (χ1v) is 6.26. The van der Waals surface area contributed by atoms with Crippen LogP contribution in [0.4, 0.5) is 0 Å². The molecule has 1 aromatic rings. The van der Waals surface area contributed by atoms with Gasteiger partial charge in [0.25, 0.3) is 0 Å². The van der Waals surface area contributed by atoms with Crippen molar-refractivity contribution in [3.63, 3.8) is 0 Å². The van der Waals surface area contributed by atoms with Crippen LogP contribution in [0, 0.1) is 0 Å². The molecule has 1 aromatic carbocycles. The zero-order valence-corrected chi connectivity index (χ0v) is 11.4. The fraction of sp³-hybridized carbons (Fsp3) is 0.500. The second kappa shape index (κ2) is 7.71. The molecule has 1 rings (SSSR count). The van der Waals surface area contributed by atoms with Gasteiger partial charge in [-0.3, -0.25) is 4.79 Å². The lowest BCUT2D eigenvalue weighted by molar-refractivity contribution is -0.128. The Morgan fingerprint density at radius 3 is 2.50 bits per heavy atom. The summed E-state index contributed by atoms with van der Waals surface area (Å²) in [6.07, 6.45) is 0.532. The molecule has 0 bridgehead atoms. The topological polar surface area (TPSA) is 41.6 Å². The molecule has 1 amide bonds. The largest absolute Gasteiger partial charge is 0.494 e. The first-order valence-electron chi connectivity index (χ1n) is 6.26. The number of rotatable bonds is 7. The third-order valence-electron chi connectivity index (χ3n) is 2.58. The highest BCUT2D eigenvalue weighted by Crippen LogP contribution is 2.11. The molecule has 0 saturated heterocycles. The van der Waals surface area contributed by atoms with Gasteiger partial charge in [0.05, 0.1) is 6.61 Å². The van der Waals surface area contributed by atoms with Crippen LogP contribution in [0.15, 0.2) is 24.3 Å². The van der Waals surface area contributed by atoms with Gasteiger partial charge in [-0.25, -0.2) is 0 Å². The average molecular weight is 250 g/mol. The number of carbonyl (C=O) groups is 1. The maximum Gasteiger partial charge on any atom is 0.223 e. The second-order valence-electron chi connectivity index (χ2n) is 4.29. The molecule has 100 valence electrons. The molecular formula is C14H22N2O2. The highest BCUT2D eigenvalue weighted by Gasteiger charge is 2.02. The zero-order chi connectivity index (χ0) is 13.4. The van der Waals surface area contributed by atoms with Gasteiger partial charge in [0.2, 0.25) is 5.91 Å². The van der Waals surface area contributed by atoms with E-state index in [4.69, 9.17) is 4.74 Å². The SMILES string of the molecule is CCOc1ccc(CNCCC(=O)N(C)C)cc1. The van der Waals surface area contributed by atoms with Gasteiger partial charge in [0.1, 0.15) is 5.75 Å². The van der Waals surface area contributed by atoms with Gasteiger partial charge in [-0.1, -0.05) is 12.1 Å². The fourth-order valence-electron chi connectivity index (χ4n) is 1.52. The van der Waals surface area contributed by atoms with E-state index in [1.54, 1.807) is 19.0 Å². The predicted molar refractivity (Wildman–Crippen MR) is 72.6 cm³/mol. The van der Waals surface area contributed by atoms with Gasteiger partial charge in [0, 0.05) is 33.6 Å². The van der Waals surface area contributed by atoms with Crippen molar-refractivity contribution in [3.8, 4) is 5.75 Å². The standard InChI is InChI=1S/C14H22N2O2/c1-4-18-13-7-5-12(6-8-13)11-15-10-9-14(17)16(2)3/h5-8,15H,4,9-11H2,1-3H3. The summed E-state index contributed by atoms with van der Waals surface area (Å²) in [4.78, 5) is 12.9.